The summed E-state index contributed by atoms with van der Waals surface area (Å²) in [7, 11) is 6.31. The lowest BCUT2D eigenvalue weighted by Crippen LogP contribution is -2.50. The SMILES string of the molecule is CCC(C)(C(NC)c1cccc(OC(C)C)c1)N(C)C. The standard InChI is InChI=1S/C17H30N2O/c1-8-17(4,19(6)7)16(18-5)14-10-9-11-15(12-14)20-13(2)3/h9-13,16,18H,8H2,1-7H3. The minimum absolute atomic E-state index is 0.0607. The molecule has 1 rings (SSSR count). The number of hydrogen-bond acceptors (Lipinski definition) is 3. The first-order valence-electron chi connectivity index (χ1n) is 7.46. The molecule has 3 nitrogen and oxygen atoms in total. The summed E-state index contributed by atoms with van der Waals surface area (Å²) in [6, 6.07) is 8.68. The summed E-state index contributed by atoms with van der Waals surface area (Å²) >= 11 is 0. The summed E-state index contributed by atoms with van der Waals surface area (Å²) in [6.07, 6.45) is 1.27. The Kier molecular flexibility index (Phi) is 6.03. The van der Waals surface area contributed by atoms with Crippen molar-refractivity contribution in [3.8, 4) is 5.75 Å². The van der Waals surface area contributed by atoms with Gasteiger partial charge in [0.1, 0.15) is 5.75 Å². The molecule has 0 fully saturated rings. The smallest absolute Gasteiger partial charge is 0.120 e. The molecular formula is C17H30N2O. The predicted molar refractivity (Wildman–Crippen MR) is 86.4 cm³/mol. The van der Waals surface area contributed by atoms with Crippen LogP contribution in [0.5, 0.6) is 5.75 Å². The third-order valence-electron chi connectivity index (χ3n) is 4.21. The number of nitrogens with one attached hydrogen (secondary N) is 1. The van der Waals surface area contributed by atoms with Crippen LogP contribution in [0, 0.1) is 0 Å². The van der Waals surface area contributed by atoms with E-state index in [-0.39, 0.29) is 17.7 Å². The second-order valence-electron chi connectivity index (χ2n) is 6.07. The largest absolute Gasteiger partial charge is 0.491 e. The Labute approximate surface area is 124 Å². The van der Waals surface area contributed by atoms with Crippen molar-refractivity contribution >= 4 is 0 Å². The van der Waals surface area contributed by atoms with Crippen LogP contribution in [0.25, 0.3) is 0 Å². The van der Waals surface area contributed by atoms with Gasteiger partial charge in [0.15, 0.2) is 0 Å². The van der Waals surface area contributed by atoms with E-state index in [4.69, 9.17) is 4.74 Å². The van der Waals surface area contributed by atoms with Crippen molar-refractivity contribution < 1.29 is 4.74 Å². The number of nitrogens with zero attached hydrogens (tertiary/aromatic N) is 1. The fourth-order valence-corrected chi connectivity index (χ4v) is 2.65. The molecule has 20 heavy (non-hydrogen) atoms. The highest BCUT2D eigenvalue weighted by molar-refractivity contribution is 5.32. The Morgan fingerprint density at radius 3 is 2.40 bits per heavy atom. The zero-order valence-corrected chi connectivity index (χ0v) is 14.0. The van der Waals surface area contributed by atoms with E-state index in [1.165, 1.54) is 5.56 Å². The van der Waals surface area contributed by atoms with Gasteiger partial charge in [-0.1, -0.05) is 19.1 Å². The molecule has 0 spiro atoms. The van der Waals surface area contributed by atoms with Crippen molar-refractivity contribution in [2.75, 3.05) is 21.1 Å². The maximum atomic E-state index is 5.81. The van der Waals surface area contributed by atoms with Gasteiger partial charge in [-0.05, 0) is 66.0 Å². The van der Waals surface area contributed by atoms with Crippen molar-refractivity contribution in [3.05, 3.63) is 29.8 Å². The van der Waals surface area contributed by atoms with Crippen LogP contribution in [-0.2, 0) is 0 Å². The van der Waals surface area contributed by atoms with E-state index in [1.807, 2.05) is 13.1 Å². The lowest BCUT2D eigenvalue weighted by atomic mass is 9.83. The van der Waals surface area contributed by atoms with Crippen LogP contribution in [0.1, 0.15) is 45.7 Å². The van der Waals surface area contributed by atoms with Crippen LogP contribution in [0.4, 0.5) is 0 Å². The van der Waals surface area contributed by atoms with Crippen molar-refractivity contribution in [2.24, 2.45) is 0 Å². The van der Waals surface area contributed by atoms with Crippen LogP contribution >= 0.6 is 0 Å². The Morgan fingerprint density at radius 2 is 1.95 bits per heavy atom. The van der Waals surface area contributed by atoms with E-state index in [0.717, 1.165) is 12.2 Å². The molecule has 2 atom stereocenters. The average Bonchev–Trinajstić information content (AvgIpc) is 2.38. The highest BCUT2D eigenvalue weighted by atomic mass is 16.5. The number of hydrogen-bond donors (Lipinski definition) is 1. The quantitative estimate of drug-likeness (QED) is 0.826. The minimum Gasteiger partial charge on any atom is -0.491 e. The number of rotatable bonds is 7. The minimum atomic E-state index is 0.0607. The molecule has 0 heterocycles. The summed E-state index contributed by atoms with van der Waals surface area (Å²) in [6.45, 7) is 8.64. The maximum absolute atomic E-state index is 5.81. The third-order valence-corrected chi connectivity index (χ3v) is 4.21. The Hall–Kier alpha value is -1.06. The molecular weight excluding hydrogens is 248 g/mol. The molecule has 0 aliphatic heterocycles. The first-order chi connectivity index (χ1) is 9.35. The van der Waals surface area contributed by atoms with E-state index >= 15 is 0 Å². The zero-order chi connectivity index (χ0) is 15.3. The summed E-state index contributed by atoms with van der Waals surface area (Å²) in [5.74, 6) is 0.940. The molecule has 3 heteroatoms. The molecule has 0 bridgehead atoms. The Bertz CT molecular complexity index is 417. The fraction of sp³-hybridized carbons (Fsp3) is 0.647. The lowest BCUT2D eigenvalue weighted by Gasteiger charge is -2.43. The summed E-state index contributed by atoms with van der Waals surface area (Å²) in [5.41, 5.74) is 1.33. The molecule has 1 aromatic carbocycles. The fourth-order valence-electron chi connectivity index (χ4n) is 2.65. The monoisotopic (exact) mass is 278 g/mol. The van der Waals surface area contributed by atoms with Gasteiger partial charge in [0.05, 0.1) is 12.1 Å². The molecule has 0 aliphatic carbocycles. The van der Waals surface area contributed by atoms with Gasteiger partial charge >= 0.3 is 0 Å². The molecule has 0 amide bonds. The normalized spacial score (nSPS) is 16.2. The van der Waals surface area contributed by atoms with Gasteiger partial charge in [0, 0.05) is 5.54 Å². The molecule has 1 aromatic rings. The molecule has 114 valence electrons. The predicted octanol–water partition coefficient (Wildman–Crippen LogP) is 3.46. The van der Waals surface area contributed by atoms with E-state index in [0.29, 0.717) is 0 Å². The zero-order valence-electron chi connectivity index (χ0n) is 14.0. The van der Waals surface area contributed by atoms with Gasteiger partial charge in [-0.15, -0.1) is 0 Å². The van der Waals surface area contributed by atoms with Crippen LogP contribution in [0.2, 0.25) is 0 Å². The molecule has 0 saturated heterocycles. The van der Waals surface area contributed by atoms with Gasteiger partial charge < -0.3 is 15.0 Å². The highest BCUT2D eigenvalue weighted by Crippen LogP contribution is 2.33. The van der Waals surface area contributed by atoms with Gasteiger partial charge in [-0.3, -0.25) is 0 Å². The summed E-state index contributed by atoms with van der Waals surface area (Å²) < 4.78 is 5.81. The second-order valence-corrected chi connectivity index (χ2v) is 6.07. The van der Waals surface area contributed by atoms with E-state index in [9.17, 15) is 0 Å². The lowest BCUT2D eigenvalue weighted by molar-refractivity contribution is 0.116. The topological polar surface area (TPSA) is 24.5 Å². The molecule has 0 aliphatic rings. The number of likely N-dealkylation sites (N-methyl/N-ethyl adjacent to an activating group) is 2. The molecule has 0 radical (unpaired) electrons. The van der Waals surface area contributed by atoms with Crippen molar-refractivity contribution in [1.29, 1.82) is 0 Å². The molecule has 2 unspecified atom stereocenters. The molecule has 1 N–H and O–H groups in total. The Morgan fingerprint density at radius 1 is 1.30 bits per heavy atom. The summed E-state index contributed by atoms with van der Waals surface area (Å²) in [4.78, 5) is 2.30. The molecule has 0 aromatic heterocycles. The first-order valence-corrected chi connectivity index (χ1v) is 7.46. The van der Waals surface area contributed by atoms with E-state index < -0.39 is 0 Å². The second kappa shape index (κ2) is 7.09. The maximum Gasteiger partial charge on any atom is 0.120 e. The third kappa shape index (κ3) is 3.74. The van der Waals surface area contributed by atoms with E-state index in [1.54, 1.807) is 0 Å². The van der Waals surface area contributed by atoms with Crippen LogP contribution in [0.15, 0.2) is 24.3 Å². The van der Waals surface area contributed by atoms with Crippen molar-refractivity contribution in [1.82, 2.24) is 10.2 Å². The number of ether oxygens (including phenoxy) is 1. The molecule has 0 saturated carbocycles. The van der Waals surface area contributed by atoms with Gasteiger partial charge in [-0.2, -0.15) is 0 Å². The highest BCUT2D eigenvalue weighted by Gasteiger charge is 2.34. The van der Waals surface area contributed by atoms with Gasteiger partial charge in [-0.25, -0.2) is 0 Å². The van der Waals surface area contributed by atoms with Gasteiger partial charge in [0.2, 0.25) is 0 Å². The van der Waals surface area contributed by atoms with Crippen LogP contribution < -0.4 is 10.1 Å². The first kappa shape index (κ1) is 17.0. The van der Waals surface area contributed by atoms with Crippen molar-refractivity contribution in [2.45, 2.75) is 51.8 Å². The van der Waals surface area contributed by atoms with Crippen LogP contribution in [-0.4, -0.2) is 37.7 Å². The van der Waals surface area contributed by atoms with Gasteiger partial charge in [0.25, 0.3) is 0 Å². The van der Waals surface area contributed by atoms with Crippen LogP contribution in [0.3, 0.4) is 0 Å². The number of benzene rings is 1. The Balaban J connectivity index is 3.12. The van der Waals surface area contributed by atoms with E-state index in [2.05, 4.69) is 70.2 Å². The van der Waals surface area contributed by atoms with Crippen molar-refractivity contribution in [3.63, 3.8) is 0 Å². The average molecular weight is 278 g/mol. The summed E-state index contributed by atoms with van der Waals surface area (Å²) in [5, 5.41) is 3.47.